The van der Waals surface area contributed by atoms with Crippen LogP contribution < -0.4 is 10.6 Å². The number of aromatic nitrogens is 2. The molecule has 2 N–H and O–H groups in total. The normalized spacial score (nSPS) is 10.3. The Labute approximate surface area is 107 Å². The third-order valence-electron chi connectivity index (χ3n) is 2.28. The molecule has 100 valence electrons. The number of hydrogen-bond acceptors (Lipinski definition) is 4. The van der Waals surface area contributed by atoms with E-state index >= 15 is 0 Å². The topological polar surface area (TPSA) is 49.8 Å². The number of rotatable bonds is 4. The van der Waals surface area contributed by atoms with Crippen LogP contribution in [0.25, 0.3) is 0 Å². The number of anilines is 3. The van der Waals surface area contributed by atoms with Crippen molar-refractivity contribution < 1.29 is 13.2 Å². The van der Waals surface area contributed by atoms with Gasteiger partial charge in [0.15, 0.2) is 23.3 Å². The molecular weight excluding hydrogens is 257 g/mol. The van der Waals surface area contributed by atoms with E-state index in [1.165, 1.54) is 12.1 Å². The lowest BCUT2D eigenvalue weighted by molar-refractivity contribution is 0.511. The zero-order chi connectivity index (χ0) is 13.8. The molecule has 0 aliphatic heterocycles. The average Bonchev–Trinajstić information content (AvgIpc) is 2.39. The number of nitrogens with one attached hydrogen (secondary N) is 2. The van der Waals surface area contributed by atoms with Crippen molar-refractivity contribution >= 4 is 17.5 Å². The Kier molecular flexibility index (Phi) is 3.84. The first-order chi connectivity index (χ1) is 9.11. The zero-order valence-corrected chi connectivity index (χ0v) is 10.0. The Hall–Kier alpha value is -2.31. The molecule has 7 heteroatoms. The molecule has 0 saturated carbocycles. The molecule has 1 heterocycles. The number of benzene rings is 1. The fourth-order valence-corrected chi connectivity index (χ4v) is 1.43. The standard InChI is InChI=1S/C12H11F3N4/c1-2-16-12-17-6-8(14)11(19-12)18-9-5-3-4-7(13)10(9)15/h3-6H,2H2,1H3,(H2,16,17,18,19). The van der Waals surface area contributed by atoms with Gasteiger partial charge in [0.1, 0.15) is 0 Å². The van der Waals surface area contributed by atoms with Gasteiger partial charge in [-0.2, -0.15) is 4.98 Å². The van der Waals surface area contributed by atoms with E-state index in [1.54, 1.807) is 0 Å². The highest BCUT2D eigenvalue weighted by Crippen LogP contribution is 2.22. The molecule has 0 bridgehead atoms. The molecule has 0 fully saturated rings. The van der Waals surface area contributed by atoms with E-state index in [0.29, 0.717) is 6.54 Å². The monoisotopic (exact) mass is 268 g/mol. The van der Waals surface area contributed by atoms with Crippen LogP contribution in [0.4, 0.5) is 30.6 Å². The van der Waals surface area contributed by atoms with Gasteiger partial charge in [0.25, 0.3) is 0 Å². The lowest BCUT2D eigenvalue weighted by Gasteiger charge is -2.09. The highest BCUT2D eigenvalue weighted by atomic mass is 19.2. The molecule has 0 unspecified atom stereocenters. The second-order valence-electron chi connectivity index (χ2n) is 3.65. The summed E-state index contributed by atoms with van der Waals surface area (Å²) in [4.78, 5) is 7.54. The summed E-state index contributed by atoms with van der Waals surface area (Å²) in [6, 6.07) is 3.57. The minimum atomic E-state index is -1.09. The van der Waals surface area contributed by atoms with Gasteiger partial charge in [-0.05, 0) is 19.1 Å². The van der Waals surface area contributed by atoms with Gasteiger partial charge in [0.05, 0.1) is 11.9 Å². The van der Waals surface area contributed by atoms with E-state index in [2.05, 4.69) is 20.6 Å². The van der Waals surface area contributed by atoms with Gasteiger partial charge in [-0.1, -0.05) is 6.07 Å². The van der Waals surface area contributed by atoms with Crippen molar-refractivity contribution in [1.29, 1.82) is 0 Å². The van der Waals surface area contributed by atoms with Gasteiger partial charge in [-0.25, -0.2) is 18.2 Å². The van der Waals surface area contributed by atoms with Gasteiger partial charge in [0, 0.05) is 6.54 Å². The van der Waals surface area contributed by atoms with Gasteiger partial charge >= 0.3 is 0 Å². The first-order valence-corrected chi connectivity index (χ1v) is 5.59. The lowest BCUT2D eigenvalue weighted by Crippen LogP contribution is -2.06. The second-order valence-corrected chi connectivity index (χ2v) is 3.65. The van der Waals surface area contributed by atoms with Crippen molar-refractivity contribution in [2.75, 3.05) is 17.2 Å². The summed E-state index contributed by atoms with van der Waals surface area (Å²) >= 11 is 0. The smallest absolute Gasteiger partial charge is 0.224 e. The molecule has 0 spiro atoms. The van der Waals surface area contributed by atoms with Crippen LogP contribution in [0.5, 0.6) is 0 Å². The van der Waals surface area contributed by atoms with E-state index in [1.807, 2.05) is 6.92 Å². The van der Waals surface area contributed by atoms with E-state index in [9.17, 15) is 13.2 Å². The Balaban J connectivity index is 2.32. The van der Waals surface area contributed by atoms with E-state index in [-0.39, 0.29) is 17.5 Å². The molecule has 2 aromatic rings. The molecule has 0 atom stereocenters. The van der Waals surface area contributed by atoms with Gasteiger partial charge in [0.2, 0.25) is 5.95 Å². The summed E-state index contributed by atoms with van der Waals surface area (Å²) in [6.45, 7) is 2.38. The van der Waals surface area contributed by atoms with Crippen molar-refractivity contribution in [1.82, 2.24) is 9.97 Å². The third kappa shape index (κ3) is 2.93. The van der Waals surface area contributed by atoms with Crippen LogP contribution in [0.2, 0.25) is 0 Å². The van der Waals surface area contributed by atoms with Crippen LogP contribution in [0.3, 0.4) is 0 Å². The Morgan fingerprint density at radius 1 is 1.16 bits per heavy atom. The summed E-state index contributed by atoms with van der Waals surface area (Å²) in [5.41, 5.74) is -0.194. The van der Waals surface area contributed by atoms with Crippen LogP contribution in [0.15, 0.2) is 24.4 Å². The summed E-state index contributed by atoms with van der Waals surface area (Å²) in [5, 5.41) is 5.19. The third-order valence-corrected chi connectivity index (χ3v) is 2.28. The Morgan fingerprint density at radius 2 is 1.95 bits per heavy atom. The maximum atomic E-state index is 13.5. The Bertz CT molecular complexity index is 589. The van der Waals surface area contributed by atoms with E-state index in [0.717, 1.165) is 12.3 Å². The molecule has 1 aromatic carbocycles. The maximum Gasteiger partial charge on any atom is 0.224 e. The average molecular weight is 268 g/mol. The molecule has 0 saturated heterocycles. The van der Waals surface area contributed by atoms with Crippen LogP contribution in [0.1, 0.15) is 6.92 Å². The molecular formula is C12H11F3N4. The first-order valence-electron chi connectivity index (χ1n) is 5.59. The van der Waals surface area contributed by atoms with Crippen molar-refractivity contribution in [2.45, 2.75) is 6.92 Å². The van der Waals surface area contributed by atoms with E-state index < -0.39 is 17.5 Å². The molecule has 0 amide bonds. The molecule has 4 nitrogen and oxygen atoms in total. The summed E-state index contributed by atoms with van der Waals surface area (Å²) < 4.78 is 40.0. The molecule has 2 rings (SSSR count). The first kappa shape index (κ1) is 13.1. The summed E-state index contributed by atoms with van der Waals surface area (Å²) in [6.07, 6.45) is 0.949. The van der Waals surface area contributed by atoms with Crippen LogP contribution in [-0.4, -0.2) is 16.5 Å². The minimum Gasteiger partial charge on any atom is -0.354 e. The molecule has 0 radical (unpaired) electrons. The fourth-order valence-electron chi connectivity index (χ4n) is 1.43. The van der Waals surface area contributed by atoms with Gasteiger partial charge in [-0.15, -0.1) is 0 Å². The number of nitrogens with zero attached hydrogens (tertiary/aromatic N) is 2. The van der Waals surface area contributed by atoms with Crippen molar-refractivity contribution in [3.05, 3.63) is 41.8 Å². The summed E-state index contributed by atoms with van der Waals surface area (Å²) in [5.74, 6) is -2.90. The number of hydrogen-bond donors (Lipinski definition) is 2. The quantitative estimate of drug-likeness (QED) is 0.894. The second kappa shape index (κ2) is 5.55. The lowest BCUT2D eigenvalue weighted by atomic mass is 10.3. The largest absolute Gasteiger partial charge is 0.354 e. The molecule has 1 aromatic heterocycles. The maximum absolute atomic E-state index is 13.5. The van der Waals surface area contributed by atoms with Gasteiger partial charge < -0.3 is 10.6 Å². The highest BCUT2D eigenvalue weighted by Gasteiger charge is 2.12. The molecule has 0 aliphatic carbocycles. The fraction of sp³-hybridized carbons (Fsp3) is 0.167. The van der Waals surface area contributed by atoms with Crippen molar-refractivity contribution in [3.63, 3.8) is 0 Å². The minimum absolute atomic E-state index is 0.194. The predicted molar refractivity (Wildman–Crippen MR) is 65.8 cm³/mol. The molecule has 19 heavy (non-hydrogen) atoms. The van der Waals surface area contributed by atoms with Crippen molar-refractivity contribution in [2.24, 2.45) is 0 Å². The number of halogens is 3. The molecule has 0 aliphatic rings. The zero-order valence-electron chi connectivity index (χ0n) is 10.0. The van der Waals surface area contributed by atoms with E-state index in [4.69, 9.17) is 0 Å². The predicted octanol–water partition coefficient (Wildman–Crippen LogP) is 3.07. The van der Waals surface area contributed by atoms with Gasteiger partial charge in [-0.3, -0.25) is 0 Å². The van der Waals surface area contributed by atoms with Crippen molar-refractivity contribution in [3.8, 4) is 0 Å². The summed E-state index contributed by atoms with van der Waals surface area (Å²) in [7, 11) is 0. The Morgan fingerprint density at radius 3 is 2.68 bits per heavy atom. The highest BCUT2D eigenvalue weighted by molar-refractivity contribution is 5.58. The van der Waals surface area contributed by atoms with Crippen LogP contribution in [0, 0.1) is 17.5 Å². The van der Waals surface area contributed by atoms with Crippen LogP contribution in [-0.2, 0) is 0 Å². The van der Waals surface area contributed by atoms with Crippen LogP contribution >= 0.6 is 0 Å². The SMILES string of the molecule is CCNc1ncc(F)c(Nc2cccc(F)c2F)n1.